The van der Waals surface area contributed by atoms with Crippen molar-refractivity contribution in [1.82, 2.24) is 5.32 Å². The molecule has 0 saturated carbocycles. The summed E-state index contributed by atoms with van der Waals surface area (Å²) in [5.41, 5.74) is 1.33. The summed E-state index contributed by atoms with van der Waals surface area (Å²) in [6, 6.07) is 9.22. The Morgan fingerprint density at radius 1 is 1.24 bits per heavy atom. The predicted octanol–water partition coefficient (Wildman–Crippen LogP) is 3.18. The van der Waals surface area contributed by atoms with Crippen LogP contribution in [0.15, 0.2) is 36.9 Å². The van der Waals surface area contributed by atoms with Gasteiger partial charge in [0, 0.05) is 12.1 Å². The first-order valence-electron chi connectivity index (χ1n) is 6.15. The smallest absolute Gasteiger partial charge is 0.118 e. The van der Waals surface area contributed by atoms with E-state index in [-0.39, 0.29) is 0 Å². The standard InChI is InChI=1S/C15H23NO/c1-5-6-12(2)16-13(3)11-14-7-9-15(17-4)10-8-14/h5,7-10,12-13,16H,1,6,11H2,2-4H3. The predicted molar refractivity (Wildman–Crippen MR) is 73.6 cm³/mol. The third kappa shape index (κ3) is 5.05. The summed E-state index contributed by atoms with van der Waals surface area (Å²) in [6.45, 7) is 8.16. The minimum Gasteiger partial charge on any atom is -0.497 e. The van der Waals surface area contributed by atoms with Gasteiger partial charge in [0.15, 0.2) is 0 Å². The third-order valence-electron chi connectivity index (χ3n) is 2.79. The van der Waals surface area contributed by atoms with Crippen molar-refractivity contribution in [2.45, 2.75) is 38.8 Å². The van der Waals surface area contributed by atoms with Crippen molar-refractivity contribution < 1.29 is 4.74 Å². The molecule has 1 rings (SSSR count). The molecule has 0 aromatic heterocycles. The number of ether oxygens (including phenoxy) is 1. The molecule has 94 valence electrons. The van der Waals surface area contributed by atoms with E-state index in [1.54, 1.807) is 7.11 Å². The molecule has 17 heavy (non-hydrogen) atoms. The van der Waals surface area contributed by atoms with Crippen LogP contribution in [0.25, 0.3) is 0 Å². The van der Waals surface area contributed by atoms with Gasteiger partial charge in [-0.1, -0.05) is 18.2 Å². The van der Waals surface area contributed by atoms with E-state index >= 15 is 0 Å². The van der Waals surface area contributed by atoms with Gasteiger partial charge in [0.2, 0.25) is 0 Å². The van der Waals surface area contributed by atoms with Crippen molar-refractivity contribution in [2.75, 3.05) is 7.11 Å². The average molecular weight is 233 g/mol. The molecule has 0 aliphatic rings. The van der Waals surface area contributed by atoms with Crippen molar-refractivity contribution in [3.05, 3.63) is 42.5 Å². The van der Waals surface area contributed by atoms with E-state index in [9.17, 15) is 0 Å². The fourth-order valence-electron chi connectivity index (χ4n) is 1.98. The van der Waals surface area contributed by atoms with Gasteiger partial charge in [-0.2, -0.15) is 0 Å². The minimum absolute atomic E-state index is 0.471. The second-order valence-electron chi connectivity index (χ2n) is 4.55. The molecule has 1 aromatic carbocycles. The van der Waals surface area contributed by atoms with Crippen LogP contribution in [0, 0.1) is 0 Å². The normalized spacial score (nSPS) is 14.1. The van der Waals surface area contributed by atoms with Gasteiger partial charge in [0.25, 0.3) is 0 Å². The van der Waals surface area contributed by atoms with E-state index in [2.05, 4.69) is 37.9 Å². The largest absolute Gasteiger partial charge is 0.497 e. The van der Waals surface area contributed by atoms with Crippen molar-refractivity contribution >= 4 is 0 Å². The topological polar surface area (TPSA) is 21.3 Å². The molecule has 0 fully saturated rings. The van der Waals surface area contributed by atoms with Crippen LogP contribution >= 0.6 is 0 Å². The molecular weight excluding hydrogens is 210 g/mol. The summed E-state index contributed by atoms with van der Waals surface area (Å²) in [5.74, 6) is 0.911. The summed E-state index contributed by atoms with van der Waals surface area (Å²) >= 11 is 0. The fourth-order valence-corrected chi connectivity index (χ4v) is 1.98. The molecule has 1 aromatic rings. The van der Waals surface area contributed by atoms with E-state index in [1.165, 1.54) is 5.56 Å². The zero-order valence-corrected chi connectivity index (χ0v) is 11.1. The Labute approximate surface area is 105 Å². The van der Waals surface area contributed by atoms with E-state index in [4.69, 9.17) is 4.74 Å². The van der Waals surface area contributed by atoms with Crippen LogP contribution in [0.1, 0.15) is 25.8 Å². The van der Waals surface area contributed by atoms with Crippen LogP contribution in [0.4, 0.5) is 0 Å². The highest BCUT2D eigenvalue weighted by atomic mass is 16.5. The SMILES string of the molecule is C=CCC(C)NC(C)Cc1ccc(OC)cc1. The Morgan fingerprint density at radius 3 is 2.41 bits per heavy atom. The number of rotatable bonds is 7. The minimum atomic E-state index is 0.471. The van der Waals surface area contributed by atoms with Crippen molar-refractivity contribution in [3.63, 3.8) is 0 Å². The van der Waals surface area contributed by atoms with Gasteiger partial charge < -0.3 is 10.1 Å². The summed E-state index contributed by atoms with van der Waals surface area (Å²) in [5, 5.41) is 3.56. The lowest BCUT2D eigenvalue weighted by Gasteiger charge is -2.19. The number of benzene rings is 1. The Morgan fingerprint density at radius 2 is 1.88 bits per heavy atom. The second kappa shape index (κ2) is 7.13. The van der Waals surface area contributed by atoms with E-state index in [0.29, 0.717) is 12.1 Å². The van der Waals surface area contributed by atoms with Gasteiger partial charge >= 0.3 is 0 Å². The van der Waals surface area contributed by atoms with Crippen LogP contribution in [-0.2, 0) is 6.42 Å². The van der Waals surface area contributed by atoms with Crippen molar-refractivity contribution in [2.24, 2.45) is 0 Å². The van der Waals surface area contributed by atoms with E-state index in [0.717, 1.165) is 18.6 Å². The number of nitrogens with one attached hydrogen (secondary N) is 1. The second-order valence-corrected chi connectivity index (χ2v) is 4.55. The Kier molecular flexibility index (Phi) is 5.78. The van der Waals surface area contributed by atoms with Crippen molar-refractivity contribution in [1.29, 1.82) is 0 Å². The van der Waals surface area contributed by atoms with Gasteiger partial charge in [0.1, 0.15) is 5.75 Å². The first kappa shape index (κ1) is 13.8. The summed E-state index contributed by atoms with van der Waals surface area (Å²) in [4.78, 5) is 0. The van der Waals surface area contributed by atoms with Gasteiger partial charge in [-0.3, -0.25) is 0 Å². The van der Waals surface area contributed by atoms with Crippen LogP contribution in [-0.4, -0.2) is 19.2 Å². The molecule has 2 unspecified atom stereocenters. The molecule has 0 spiro atoms. The molecule has 0 saturated heterocycles. The van der Waals surface area contributed by atoms with Gasteiger partial charge in [-0.25, -0.2) is 0 Å². The van der Waals surface area contributed by atoms with Crippen LogP contribution in [0.5, 0.6) is 5.75 Å². The lowest BCUT2D eigenvalue weighted by Crippen LogP contribution is -2.35. The number of hydrogen-bond acceptors (Lipinski definition) is 2. The molecule has 0 amide bonds. The fraction of sp³-hybridized carbons (Fsp3) is 0.467. The molecule has 0 aliphatic heterocycles. The number of methoxy groups -OCH3 is 1. The maximum absolute atomic E-state index is 5.14. The maximum atomic E-state index is 5.14. The quantitative estimate of drug-likeness (QED) is 0.730. The average Bonchev–Trinajstić information content (AvgIpc) is 2.30. The van der Waals surface area contributed by atoms with Crippen LogP contribution in [0.2, 0.25) is 0 Å². The van der Waals surface area contributed by atoms with Crippen LogP contribution in [0.3, 0.4) is 0 Å². The molecule has 0 heterocycles. The molecule has 0 bridgehead atoms. The molecule has 0 aliphatic carbocycles. The zero-order chi connectivity index (χ0) is 12.7. The summed E-state index contributed by atoms with van der Waals surface area (Å²) in [6.07, 6.45) is 4.00. The number of hydrogen-bond donors (Lipinski definition) is 1. The molecule has 0 radical (unpaired) electrons. The van der Waals surface area contributed by atoms with Gasteiger partial charge in [-0.15, -0.1) is 6.58 Å². The van der Waals surface area contributed by atoms with Gasteiger partial charge in [0.05, 0.1) is 7.11 Å². The molecule has 1 N–H and O–H groups in total. The Balaban J connectivity index is 2.44. The van der Waals surface area contributed by atoms with E-state index in [1.807, 2.05) is 18.2 Å². The Hall–Kier alpha value is -1.28. The Bertz CT molecular complexity index is 331. The first-order chi connectivity index (χ1) is 8.15. The zero-order valence-electron chi connectivity index (χ0n) is 11.1. The lowest BCUT2D eigenvalue weighted by atomic mass is 10.1. The maximum Gasteiger partial charge on any atom is 0.118 e. The monoisotopic (exact) mass is 233 g/mol. The molecule has 2 heteroatoms. The van der Waals surface area contributed by atoms with Gasteiger partial charge in [-0.05, 0) is 44.4 Å². The van der Waals surface area contributed by atoms with Crippen molar-refractivity contribution in [3.8, 4) is 5.75 Å². The van der Waals surface area contributed by atoms with Crippen LogP contribution < -0.4 is 10.1 Å². The molecular formula is C15H23NO. The third-order valence-corrected chi connectivity index (χ3v) is 2.79. The summed E-state index contributed by atoms with van der Waals surface area (Å²) in [7, 11) is 1.69. The molecule has 2 nitrogen and oxygen atoms in total. The lowest BCUT2D eigenvalue weighted by molar-refractivity contribution is 0.414. The highest BCUT2D eigenvalue weighted by Gasteiger charge is 2.06. The summed E-state index contributed by atoms with van der Waals surface area (Å²) < 4.78 is 5.14. The molecule has 2 atom stereocenters. The first-order valence-corrected chi connectivity index (χ1v) is 6.15. The highest BCUT2D eigenvalue weighted by molar-refractivity contribution is 5.27. The highest BCUT2D eigenvalue weighted by Crippen LogP contribution is 2.12. The van der Waals surface area contributed by atoms with E-state index < -0.39 is 0 Å².